The van der Waals surface area contributed by atoms with E-state index < -0.39 is 18.1 Å². The van der Waals surface area contributed by atoms with Gasteiger partial charge in [-0.05, 0) is 43.1 Å². The number of hydrogen-bond donors (Lipinski definition) is 3. The van der Waals surface area contributed by atoms with Gasteiger partial charge in [-0.1, -0.05) is 61.8 Å². The Hall–Kier alpha value is -2.90. The van der Waals surface area contributed by atoms with Crippen LogP contribution in [0.1, 0.15) is 37.9 Å². The van der Waals surface area contributed by atoms with Crippen LogP contribution in [0.3, 0.4) is 0 Å². The zero-order valence-electron chi connectivity index (χ0n) is 18.7. The molecule has 32 heavy (non-hydrogen) atoms. The zero-order chi connectivity index (χ0) is 23.4. The first-order valence-electron chi connectivity index (χ1n) is 10.7. The summed E-state index contributed by atoms with van der Waals surface area (Å²) in [6, 6.07) is 12.4. The van der Waals surface area contributed by atoms with E-state index in [0.717, 1.165) is 11.1 Å². The highest BCUT2D eigenvalue weighted by Gasteiger charge is 2.42. The third-order valence-corrected chi connectivity index (χ3v) is 6.05. The number of nitrogens with one attached hydrogen (secondary N) is 3. The van der Waals surface area contributed by atoms with E-state index in [1.54, 1.807) is 38.2 Å². The monoisotopic (exact) mass is 456 g/mol. The van der Waals surface area contributed by atoms with Gasteiger partial charge >= 0.3 is 0 Å². The molecule has 1 heterocycles. The smallest absolute Gasteiger partial charge is 0.251 e. The number of likely N-dealkylation sites (N-methyl/N-ethyl adjacent to an activating group) is 1. The van der Waals surface area contributed by atoms with Crippen molar-refractivity contribution in [1.29, 1.82) is 0 Å². The molecule has 0 fully saturated rings. The zero-order valence-corrected chi connectivity index (χ0v) is 19.4. The van der Waals surface area contributed by atoms with E-state index in [9.17, 15) is 14.4 Å². The van der Waals surface area contributed by atoms with Crippen molar-refractivity contribution >= 4 is 35.0 Å². The topological polar surface area (TPSA) is 90.5 Å². The number of nitrogens with zero attached hydrogens (tertiary/aromatic N) is 1. The lowest BCUT2D eigenvalue weighted by atomic mass is 10.0. The van der Waals surface area contributed by atoms with Crippen LogP contribution in [0.2, 0.25) is 5.02 Å². The van der Waals surface area contributed by atoms with Gasteiger partial charge in [-0.2, -0.15) is 0 Å². The predicted octanol–water partition coefficient (Wildman–Crippen LogP) is 3.11. The Bertz CT molecular complexity index is 1010. The van der Waals surface area contributed by atoms with Gasteiger partial charge in [-0.3, -0.25) is 14.4 Å². The fourth-order valence-electron chi connectivity index (χ4n) is 3.74. The molecule has 0 radical (unpaired) electrons. The quantitative estimate of drug-likeness (QED) is 0.597. The van der Waals surface area contributed by atoms with E-state index in [0.29, 0.717) is 10.7 Å². The molecule has 0 spiro atoms. The summed E-state index contributed by atoms with van der Waals surface area (Å²) in [6.07, 6.45) is 0. The molecule has 2 aromatic rings. The standard InChI is InChI=1S/C24H29ClN4O3/c1-14(2)20(28-22(30)15(3)26-4)24(32)29-13-16-9-5-6-10-17(16)21(29)23(31)27-19-12-8-7-11-18(19)25/h5-12,14-15,20-21,26H,13H2,1-4H3,(H,27,31)(H,28,30). The second-order valence-corrected chi connectivity index (χ2v) is 8.68. The lowest BCUT2D eigenvalue weighted by Gasteiger charge is -2.31. The van der Waals surface area contributed by atoms with Crippen LogP contribution in [-0.2, 0) is 20.9 Å². The minimum Gasteiger partial charge on any atom is -0.343 e. The first kappa shape index (κ1) is 23.8. The average molecular weight is 457 g/mol. The summed E-state index contributed by atoms with van der Waals surface area (Å²) in [4.78, 5) is 41.0. The third-order valence-electron chi connectivity index (χ3n) is 5.72. The van der Waals surface area contributed by atoms with Gasteiger partial charge in [0.25, 0.3) is 5.91 Å². The summed E-state index contributed by atoms with van der Waals surface area (Å²) < 4.78 is 0. The van der Waals surface area contributed by atoms with Gasteiger partial charge in [0.05, 0.1) is 16.8 Å². The number of anilines is 1. The molecule has 170 valence electrons. The number of carbonyl (C=O) groups excluding carboxylic acids is 3. The van der Waals surface area contributed by atoms with Crippen molar-refractivity contribution in [1.82, 2.24) is 15.5 Å². The number of amides is 3. The second kappa shape index (κ2) is 10.1. The first-order chi connectivity index (χ1) is 15.2. The van der Waals surface area contributed by atoms with Crippen LogP contribution in [0.15, 0.2) is 48.5 Å². The van der Waals surface area contributed by atoms with Crippen LogP contribution in [0.25, 0.3) is 0 Å². The van der Waals surface area contributed by atoms with Crippen molar-refractivity contribution in [2.24, 2.45) is 5.92 Å². The molecule has 0 aliphatic carbocycles. The number of benzene rings is 2. The van der Waals surface area contributed by atoms with Crippen molar-refractivity contribution < 1.29 is 14.4 Å². The molecule has 3 N–H and O–H groups in total. The van der Waals surface area contributed by atoms with Crippen LogP contribution < -0.4 is 16.0 Å². The third kappa shape index (κ3) is 4.95. The van der Waals surface area contributed by atoms with Crippen LogP contribution >= 0.6 is 11.6 Å². The number of fused-ring (bicyclic) bond motifs is 1. The fourth-order valence-corrected chi connectivity index (χ4v) is 3.92. The van der Waals surface area contributed by atoms with E-state index >= 15 is 0 Å². The molecular formula is C24H29ClN4O3. The fraction of sp³-hybridized carbons (Fsp3) is 0.375. The average Bonchev–Trinajstić information content (AvgIpc) is 3.17. The Morgan fingerprint density at radius 2 is 1.69 bits per heavy atom. The number of hydrogen-bond acceptors (Lipinski definition) is 4. The Kier molecular flexibility index (Phi) is 7.53. The largest absolute Gasteiger partial charge is 0.343 e. The van der Waals surface area contributed by atoms with Crippen LogP contribution in [-0.4, -0.2) is 41.8 Å². The minimum absolute atomic E-state index is 0.161. The van der Waals surface area contributed by atoms with E-state index in [1.165, 1.54) is 4.90 Å². The molecule has 3 amide bonds. The molecule has 0 saturated heterocycles. The highest BCUT2D eigenvalue weighted by molar-refractivity contribution is 6.33. The van der Waals surface area contributed by atoms with Gasteiger partial charge in [-0.15, -0.1) is 0 Å². The molecule has 0 bridgehead atoms. The van der Waals surface area contributed by atoms with Gasteiger partial charge in [0.2, 0.25) is 11.8 Å². The van der Waals surface area contributed by atoms with Crippen molar-refractivity contribution in [2.45, 2.75) is 45.4 Å². The summed E-state index contributed by atoms with van der Waals surface area (Å²) in [5, 5.41) is 8.99. The maximum absolute atomic E-state index is 13.6. The Labute approximate surface area is 193 Å². The van der Waals surface area contributed by atoms with Crippen molar-refractivity contribution in [3.63, 3.8) is 0 Å². The summed E-state index contributed by atoms with van der Waals surface area (Å²) >= 11 is 6.22. The lowest BCUT2D eigenvalue weighted by molar-refractivity contribution is -0.143. The molecule has 3 atom stereocenters. The molecular weight excluding hydrogens is 428 g/mol. The van der Waals surface area contributed by atoms with Crippen LogP contribution in [0.4, 0.5) is 5.69 Å². The van der Waals surface area contributed by atoms with Crippen molar-refractivity contribution in [2.75, 3.05) is 12.4 Å². The second-order valence-electron chi connectivity index (χ2n) is 8.28. The Morgan fingerprint density at radius 3 is 2.34 bits per heavy atom. The van der Waals surface area contributed by atoms with Crippen LogP contribution in [0, 0.1) is 5.92 Å². The number of halogens is 1. The molecule has 0 aromatic heterocycles. The van der Waals surface area contributed by atoms with Gasteiger partial charge in [0.1, 0.15) is 12.1 Å². The minimum atomic E-state index is -0.824. The maximum Gasteiger partial charge on any atom is 0.251 e. The summed E-state index contributed by atoms with van der Waals surface area (Å²) in [5.74, 6) is -1.08. The summed E-state index contributed by atoms with van der Waals surface area (Å²) in [7, 11) is 1.68. The van der Waals surface area contributed by atoms with E-state index in [4.69, 9.17) is 11.6 Å². The molecule has 3 rings (SSSR count). The van der Waals surface area contributed by atoms with E-state index in [2.05, 4.69) is 16.0 Å². The van der Waals surface area contributed by atoms with E-state index in [-0.39, 0.29) is 30.2 Å². The van der Waals surface area contributed by atoms with E-state index in [1.807, 2.05) is 38.1 Å². The maximum atomic E-state index is 13.6. The van der Waals surface area contributed by atoms with Crippen molar-refractivity contribution in [3.8, 4) is 0 Å². The molecule has 8 heteroatoms. The van der Waals surface area contributed by atoms with Gasteiger partial charge < -0.3 is 20.9 Å². The van der Waals surface area contributed by atoms with Gasteiger partial charge in [0, 0.05) is 6.54 Å². The Morgan fingerprint density at radius 1 is 1.03 bits per heavy atom. The highest BCUT2D eigenvalue weighted by atomic mass is 35.5. The van der Waals surface area contributed by atoms with Gasteiger partial charge in [0.15, 0.2) is 0 Å². The molecule has 1 aliphatic heterocycles. The molecule has 2 aromatic carbocycles. The number of carbonyl (C=O) groups is 3. The molecule has 3 unspecified atom stereocenters. The van der Waals surface area contributed by atoms with Crippen LogP contribution in [0.5, 0.6) is 0 Å². The van der Waals surface area contributed by atoms with Gasteiger partial charge in [-0.25, -0.2) is 0 Å². The molecule has 7 nitrogen and oxygen atoms in total. The first-order valence-corrected chi connectivity index (χ1v) is 11.0. The molecule has 1 aliphatic rings. The number of para-hydroxylation sites is 1. The summed E-state index contributed by atoms with van der Waals surface area (Å²) in [6.45, 7) is 5.75. The lowest BCUT2D eigenvalue weighted by Crippen LogP contribution is -2.55. The highest BCUT2D eigenvalue weighted by Crippen LogP contribution is 2.36. The SMILES string of the molecule is CNC(C)C(=O)NC(C(=O)N1Cc2ccccc2C1C(=O)Nc1ccccc1Cl)C(C)C. The number of rotatable bonds is 7. The Balaban J connectivity index is 1.91. The summed E-state index contributed by atoms with van der Waals surface area (Å²) in [5.41, 5.74) is 2.15. The normalized spacial score (nSPS) is 16.9. The van der Waals surface area contributed by atoms with Crippen molar-refractivity contribution in [3.05, 3.63) is 64.7 Å². The molecule has 0 saturated carbocycles. The predicted molar refractivity (Wildman–Crippen MR) is 125 cm³/mol.